The molecule has 5 nitrogen and oxygen atoms in total. The third-order valence-corrected chi connectivity index (χ3v) is 1.58. The molecule has 0 amide bonds. The largest absolute Gasteiger partial charge is 0.281 e. The van der Waals surface area contributed by atoms with Crippen LogP contribution in [0.2, 0.25) is 0 Å². The number of rotatable bonds is 2. The highest BCUT2D eigenvalue weighted by molar-refractivity contribution is 5.26. The highest BCUT2D eigenvalue weighted by atomic mass is 16.6. The Hall–Kier alpha value is -1.65. The Labute approximate surface area is 69.8 Å². The lowest BCUT2D eigenvalue weighted by molar-refractivity contribution is -0.654. The summed E-state index contributed by atoms with van der Waals surface area (Å²) in [5.74, 6) is 0. The highest BCUT2D eigenvalue weighted by Crippen LogP contribution is 2.07. The molecular weight excluding hydrogens is 158 g/mol. The van der Waals surface area contributed by atoms with Gasteiger partial charge < -0.3 is 0 Å². The SMILES string of the molecule is CN[n+]1ccc([N+](=O)[O-])cc1C. The third-order valence-electron chi connectivity index (χ3n) is 1.58. The standard InChI is InChI=1S/C7H10N3O2/c1-6-5-7(10(11)12)3-4-9(6)8-2/h3-5,8H,1-2H3/q+1. The fraction of sp³-hybridized carbons (Fsp3) is 0.286. The van der Waals surface area contributed by atoms with Crippen LogP contribution in [0.25, 0.3) is 0 Å². The second kappa shape index (κ2) is 3.17. The van der Waals surface area contributed by atoms with Crippen molar-refractivity contribution < 1.29 is 9.60 Å². The van der Waals surface area contributed by atoms with Crippen molar-refractivity contribution in [1.29, 1.82) is 0 Å². The van der Waals surface area contributed by atoms with Gasteiger partial charge in [0.2, 0.25) is 11.9 Å². The molecule has 0 saturated heterocycles. The first kappa shape index (κ1) is 8.45. The van der Waals surface area contributed by atoms with Crippen LogP contribution in [0.3, 0.4) is 0 Å². The topological polar surface area (TPSA) is 59.0 Å². The average molecular weight is 168 g/mol. The first-order chi connectivity index (χ1) is 5.65. The number of nitrogens with zero attached hydrogens (tertiary/aromatic N) is 2. The van der Waals surface area contributed by atoms with Crippen molar-refractivity contribution in [2.75, 3.05) is 12.5 Å². The lowest BCUT2D eigenvalue weighted by Crippen LogP contribution is -2.45. The van der Waals surface area contributed by atoms with Gasteiger partial charge >= 0.3 is 0 Å². The molecule has 1 rings (SSSR count). The Morgan fingerprint density at radius 2 is 2.33 bits per heavy atom. The molecule has 1 heterocycles. The number of hydrogen-bond acceptors (Lipinski definition) is 3. The van der Waals surface area contributed by atoms with E-state index in [0.717, 1.165) is 5.69 Å². The van der Waals surface area contributed by atoms with Crippen LogP contribution in [0.5, 0.6) is 0 Å². The smallest absolute Gasteiger partial charge is 0.258 e. The molecule has 0 saturated carbocycles. The summed E-state index contributed by atoms with van der Waals surface area (Å²) in [5, 5.41) is 10.3. The van der Waals surface area contributed by atoms with Crippen molar-refractivity contribution in [2.24, 2.45) is 0 Å². The molecule has 1 aromatic heterocycles. The van der Waals surface area contributed by atoms with Crippen LogP contribution in [0.4, 0.5) is 5.69 Å². The molecule has 5 heteroatoms. The van der Waals surface area contributed by atoms with Crippen molar-refractivity contribution in [3.05, 3.63) is 34.1 Å². The van der Waals surface area contributed by atoms with Gasteiger partial charge in [-0.3, -0.25) is 10.1 Å². The second-order valence-electron chi connectivity index (χ2n) is 2.38. The molecule has 12 heavy (non-hydrogen) atoms. The van der Waals surface area contributed by atoms with Gasteiger partial charge in [-0.15, -0.1) is 0 Å². The fourth-order valence-electron chi connectivity index (χ4n) is 0.965. The molecular formula is C7H10N3O2+. The van der Waals surface area contributed by atoms with Crippen molar-refractivity contribution in [3.8, 4) is 0 Å². The van der Waals surface area contributed by atoms with Gasteiger partial charge in [0.1, 0.15) is 0 Å². The van der Waals surface area contributed by atoms with E-state index in [4.69, 9.17) is 0 Å². The van der Waals surface area contributed by atoms with E-state index in [1.165, 1.54) is 12.1 Å². The average Bonchev–Trinajstić information content (AvgIpc) is 2.04. The zero-order valence-corrected chi connectivity index (χ0v) is 6.94. The molecule has 0 aliphatic heterocycles. The van der Waals surface area contributed by atoms with E-state index in [-0.39, 0.29) is 5.69 Å². The number of aryl methyl sites for hydroxylation is 1. The van der Waals surface area contributed by atoms with E-state index in [9.17, 15) is 10.1 Å². The van der Waals surface area contributed by atoms with E-state index >= 15 is 0 Å². The monoisotopic (exact) mass is 168 g/mol. The molecule has 0 fully saturated rings. The van der Waals surface area contributed by atoms with Gasteiger partial charge in [0.25, 0.3) is 5.69 Å². The van der Waals surface area contributed by atoms with Gasteiger partial charge in [0.15, 0.2) is 0 Å². The second-order valence-corrected chi connectivity index (χ2v) is 2.38. The van der Waals surface area contributed by atoms with Gasteiger partial charge in [-0.1, -0.05) is 4.68 Å². The third kappa shape index (κ3) is 1.50. The van der Waals surface area contributed by atoms with Crippen LogP contribution in [-0.4, -0.2) is 12.0 Å². The predicted molar refractivity (Wildman–Crippen MR) is 43.3 cm³/mol. The van der Waals surface area contributed by atoms with Gasteiger partial charge in [-0.2, -0.15) is 5.43 Å². The van der Waals surface area contributed by atoms with Crippen molar-refractivity contribution in [1.82, 2.24) is 0 Å². The molecule has 64 valence electrons. The van der Waals surface area contributed by atoms with Gasteiger partial charge in [-0.25, -0.2) is 0 Å². The number of aromatic nitrogens is 1. The molecule has 0 spiro atoms. The quantitative estimate of drug-likeness (QED) is 0.394. The zero-order valence-electron chi connectivity index (χ0n) is 6.94. The summed E-state index contributed by atoms with van der Waals surface area (Å²) in [6.07, 6.45) is 1.62. The molecule has 1 aromatic rings. The number of pyridine rings is 1. The Balaban J connectivity index is 3.10. The van der Waals surface area contributed by atoms with E-state index in [1.807, 2.05) is 0 Å². The normalized spacial score (nSPS) is 9.50. The van der Waals surface area contributed by atoms with E-state index in [1.54, 1.807) is 24.8 Å². The molecule has 0 radical (unpaired) electrons. The summed E-state index contributed by atoms with van der Waals surface area (Å²) < 4.78 is 1.70. The van der Waals surface area contributed by atoms with Crippen molar-refractivity contribution >= 4 is 5.69 Å². The highest BCUT2D eigenvalue weighted by Gasteiger charge is 2.11. The minimum atomic E-state index is -0.410. The van der Waals surface area contributed by atoms with E-state index < -0.39 is 4.92 Å². The molecule has 0 aromatic carbocycles. The van der Waals surface area contributed by atoms with Gasteiger partial charge in [-0.05, 0) is 0 Å². The van der Waals surface area contributed by atoms with Gasteiger partial charge in [0.05, 0.1) is 24.1 Å². The molecule has 0 aliphatic rings. The molecule has 0 bridgehead atoms. The van der Waals surface area contributed by atoms with Crippen molar-refractivity contribution in [2.45, 2.75) is 6.92 Å². The Bertz CT molecular complexity index is 312. The lowest BCUT2D eigenvalue weighted by atomic mass is 10.3. The van der Waals surface area contributed by atoms with Gasteiger partial charge in [0, 0.05) is 6.92 Å². The zero-order chi connectivity index (χ0) is 9.14. The fourth-order valence-corrected chi connectivity index (χ4v) is 0.965. The maximum Gasteiger partial charge on any atom is 0.281 e. The summed E-state index contributed by atoms with van der Waals surface area (Å²) in [6.45, 7) is 1.80. The summed E-state index contributed by atoms with van der Waals surface area (Å²) in [7, 11) is 1.75. The summed E-state index contributed by atoms with van der Waals surface area (Å²) in [4.78, 5) is 9.92. The summed E-state index contributed by atoms with van der Waals surface area (Å²) in [5.41, 5.74) is 3.76. The maximum absolute atomic E-state index is 10.3. The summed E-state index contributed by atoms with van der Waals surface area (Å²) >= 11 is 0. The van der Waals surface area contributed by atoms with Crippen LogP contribution in [0, 0.1) is 17.0 Å². The Morgan fingerprint density at radius 1 is 1.67 bits per heavy atom. The molecule has 0 unspecified atom stereocenters. The number of hydrogen-bond donors (Lipinski definition) is 1. The first-order valence-corrected chi connectivity index (χ1v) is 3.49. The van der Waals surface area contributed by atoms with Crippen LogP contribution >= 0.6 is 0 Å². The van der Waals surface area contributed by atoms with Crippen molar-refractivity contribution in [3.63, 3.8) is 0 Å². The Morgan fingerprint density at radius 3 is 2.75 bits per heavy atom. The Kier molecular flexibility index (Phi) is 2.23. The number of nitro groups is 1. The van der Waals surface area contributed by atoms with E-state index in [2.05, 4.69) is 5.43 Å². The predicted octanol–water partition coefficient (Wildman–Crippen LogP) is 0.364. The summed E-state index contributed by atoms with van der Waals surface area (Å²) in [6, 6.07) is 2.96. The molecule has 0 atom stereocenters. The van der Waals surface area contributed by atoms with E-state index in [0.29, 0.717) is 0 Å². The van der Waals surface area contributed by atoms with Crippen LogP contribution < -0.4 is 10.1 Å². The maximum atomic E-state index is 10.3. The number of nitrogens with one attached hydrogen (secondary N) is 1. The van der Waals surface area contributed by atoms with Crippen LogP contribution in [0.15, 0.2) is 18.3 Å². The van der Waals surface area contributed by atoms with Crippen LogP contribution in [0.1, 0.15) is 5.69 Å². The first-order valence-electron chi connectivity index (χ1n) is 3.49. The lowest BCUT2D eigenvalue weighted by Gasteiger charge is -1.95. The minimum Gasteiger partial charge on any atom is -0.258 e. The molecule has 1 N–H and O–H groups in total. The minimum absolute atomic E-state index is 0.110. The van der Waals surface area contributed by atoms with Crippen LogP contribution in [-0.2, 0) is 0 Å². The molecule has 0 aliphatic carbocycles.